The van der Waals surface area contributed by atoms with Gasteiger partial charge in [0.15, 0.2) is 0 Å². The van der Waals surface area contributed by atoms with Crippen LogP contribution < -0.4 is 5.32 Å². The third kappa shape index (κ3) is 3.94. The summed E-state index contributed by atoms with van der Waals surface area (Å²) in [5, 5.41) is 2.88. The lowest BCUT2D eigenvalue weighted by Crippen LogP contribution is -2.55. The van der Waals surface area contributed by atoms with Crippen LogP contribution in [-0.4, -0.2) is 36.3 Å². The first kappa shape index (κ1) is 22.1. The van der Waals surface area contributed by atoms with Gasteiger partial charge in [0.1, 0.15) is 11.6 Å². The zero-order chi connectivity index (χ0) is 23.1. The van der Waals surface area contributed by atoms with Crippen LogP contribution in [0.2, 0.25) is 0 Å². The predicted octanol–water partition coefficient (Wildman–Crippen LogP) is 4.69. The van der Waals surface area contributed by atoms with E-state index in [1.807, 2.05) is 23.1 Å². The number of piperidine rings is 2. The summed E-state index contributed by atoms with van der Waals surface area (Å²) in [5.74, 6) is -1.22. The molecule has 3 aliphatic rings. The second kappa shape index (κ2) is 8.54. The average Bonchev–Trinajstić information content (AvgIpc) is 3.30. The maximum Gasteiger partial charge on any atom is 0.233 e. The van der Waals surface area contributed by atoms with Gasteiger partial charge in [0.25, 0.3) is 0 Å². The molecule has 1 N–H and O–H groups in total. The second-order valence-corrected chi connectivity index (χ2v) is 10.0. The summed E-state index contributed by atoms with van der Waals surface area (Å²) >= 11 is 0. The predicted molar refractivity (Wildman–Crippen MR) is 122 cm³/mol. The molecule has 2 aliphatic heterocycles. The molecule has 1 aliphatic carbocycles. The quantitative estimate of drug-likeness (QED) is 0.735. The number of rotatable bonds is 3. The van der Waals surface area contributed by atoms with Gasteiger partial charge in [-0.05, 0) is 54.4 Å². The molecule has 1 unspecified atom stereocenters. The SMILES string of the molecule is O=C1CC2(CCN(C(=O)C3(c4ccccc4)CCCC3)CC2)C(c2cc(F)cc(F)c2)CN1. The minimum absolute atomic E-state index is 0.0283. The fourth-order valence-electron chi connectivity index (χ4n) is 6.53. The Bertz CT molecular complexity index is 1020. The number of amides is 2. The van der Waals surface area contributed by atoms with E-state index in [9.17, 15) is 18.4 Å². The van der Waals surface area contributed by atoms with E-state index in [4.69, 9.17) is 0 Å². The number of nitrogens with one attached hydrogen (secondary N) is 1. The molecule has 5 rings (SSSR count). The summed E-state index contributed by atoms with van der Waals surface area (Å²) in [6.07, 6.45) is 5.45. The largest absolute Gasteiger partial charge is 0.355 e. The van der Waals surface area contributed by atoms with Crippen LogP contribution in [0.4, 0.5) is 8.78 Å². The Morgan fingerprint density at radius 3 is 2.21 bits per heavy atom. The van der Waals surface area contributed by atoms with Gasteiger partial charge in [-0.25, -0.2) is 8.78 Å². The molecule has 0 bridgehead atoms. The van der Waals surface area contributed by atoms with E-state index in [0.717, 1.165) is 37.3 Å². The van der Waals surface area contributed by atoms with Crippen molar-refractivity contribution in [2.24, 2.45) is 5.41 Å². The molecule has 3 fully saturated rings. The Morgan fingerprint density at radius 1 is 0.939 bits per heavy atom. The van der Waals surface area contributed by atoms with Gasteiger partial charge in [0.05, 0.1) is 5.41 Å². The molecule has 2 saturated heterocycles. The molecule has 1 atom stereocenters. The van der Waals surface area contributed by atoms with Gasteiger partial charge >= 0.3 is 0 Å². The van der Waals surface area contributed by atoms with E-state index < -0.39 is 22.5 Å². The van der Waals surface area contributed by atoms with Crippen molar-refractivity contribution in [3.05, 3.63) is 71.3 Å². The third-order valence-electron chi connectivity index (χ3n) is 8.28. The lowest BCUT2D eigenvalue weighted by atomic mass is 9.62. The molecular weight excluding hydrogens is 422 g/mol. The van der Waals surface area contributed by atoms with Crippen molar-refractivity contribution in [1.29, 1.82) is 0 Å². The van der Waals surface area contributed by atoms with Crippen LogP contribution >= 0.6 is 0 Å². The second-order valence-electron chi connectivity index (χ2n) is 10.0. The zero-order valence-corrected chi connectivity index (χ0v) is 18.8. The molecule has 1 saturated carbocycles. The average molecular weight is 453 g/mol. The normalized spacial score (nSPS) is 24.0. The van der Waals surface area contributed by atoms with Gasteiger partial charge in [-0.2, -0.15) is 0 Å². The van der Waals surface area contributed by atoms with Crippen LogP contribution in [0.3, 0.4) is 0 Å². The molecule has 2 aromatic rings. The van der Waals surface area contributed by atoms with Crippen molar-refractivity contribution in [1.82, 2.24) is 10.2 Å². The van der Waals surface area contributed by atoms with Crippen molar-refractivity contribution in [2.45, 2.75) is 56.3 Å². The Hall–Kier alpha value is -2.76. The van der Waals surface area contributed by atoms with Crippen molar-refractivity contribution in [3.8, 4) is 0 Å². The summed E-state index contributed by atoms with van der Waals surface area (Å²) in [7, 11) is 0. The molecule has 6 heteroatoms. The number of halogens is 2. The minimum Gasteiger partial charge on any atom is -0.355 e. The lowest BCUT2D eigenvalue weighted by molar-refractivity contribution is -0.141. The minimum atomic E-state index is -0.601. The van der Waals surface area contributed by atoms with E-state index in [0.29, 0.717) is 44.5 Å². The maximum atomic E-state index is 14.0. The highest BCUT2D eigenvalue weighted by Crippen LogP contribution is 2.50. The Morgan fingerprint density at radius 2 is 1.58 bits per heavy atom. The highest BCUT2D eigenvalue weighted by molar-refractivity contribution is 5.89. The molecule has 2 aromatic carbocycles. The van der Waals surface area contributed by atoms with Crippen LogP contribution in [0.1, 0.15) is 62.0 Å². The number of carbonyl (C=O) groups excluding carboxylic acids is 2. The van der Waals surface area contributed by atoms with E-state index in [-0.39, 0.29) is 17.7 Å². The first-order chi connectivity index (χ1) is 15.9. The zero-order valence-electron chi connectivity index (χ0n) is 18.8. The Balaban J connectivity index is 1.39. The smallest absolute Gasteiger partial charge is 0.233 e. The molecule has 33 heavy (non-hydrogen) atoms. The summed E-state index contributed by atoms with van der Waals surface area (Å²) < 4.78 is 28.0. The first-order valence-electron chi connectivity index (χ1n) is 12.0. The topological polar surface area (TPSA) is 49.4 Å². The van der Waals surface area contributed by atoms with Gasteiger partial charge in [0, 0.05) is 38.0 Å². The fraction of sp³-hybridized carbons (Fsp3) is 0.481. The number of carbonyl (C=O) groups is 2. The summed E-state index contributed by atoms with van der Waals surface area (Å²) in [4.78, 5) is 28.2. The summed E-state index contributed by atoms with van der Waals surface area (Å²) in [5.41, 5.74) is 0.831. The number of hydrogen-bond acceptors (Lipinski definition) is 2. The van der Waals surface area contributed by atoms with Gasteiger partial charge in [-0.3, -0.25) is 9.59 Å². The molecule has 0 radical (unpaired) electrons. The van der Waals surface area contributed by atoms with E-state index >= 15 is 0 Å². The van der Waals surface area contributed by atoms with Crippen molar-refractivity contribution in [3.63, 3.8) is 0 Å². The van der Waals surface area contributed by atoms with Gasteiger partial charge < -0.3 is 10.2 Å². The van der Waals surface area contributed by atoms with Gasteiger partial charge in [-0.1, -0.05) is 43.2 Å². The number of hydrogen-bond donors (Lipinski definition) is 1. The van der Waals surface area contributed by atoms with Crippen molar-refractivity contribution >= 4 is 11.8 Å². The van der Waals surface area contributed by atoms with E-state index in [1.165, 1.54) is 12.1 Å². The molecule has 2 heterocycles. The van der Waals surface area contributed by atoms with E-state index in [2.05, 4.69) is 17.4 Å². The number of likely N-dealkylation sites (tertiary alicyclic amines) is 1. The highest BCUT2D eigenvalue weighted by Gasteiger charge is 2.50. The number of nitrogens with zero attached hydrogens (tertiary/aromatic N) is 1. The van der Waals surface area contributed by atoms with Gasteiger partial charge in [-0.15, -0.1) is 0 Å². The van der Waals surface area contributed by atoms with Crippen LogP contribution in [-0.2, 0) is 15.0 Å². The van der Waals surface area contributed by atoms with Crippen molar-refractivity contribution < 1.29 is 18.4 Å². The monoisotopic (exact) mass is 452 g/mol. The fourth-order valence-corrected chi connectivity index (χ4v) is 6.53. The molecule has 2 amide bonds. The summed E-state index contributed by atoms with van der Waals surface area (Å²) in [6, 6.07) is 13.7. The first-order valence-corrected chi connectivity index (χ1v) is 12.0. The molecule has 1 spiro atoms. The summed E-state index contributed by atoms with van der Waals surface area (Å²) in [6.45, 7) is 1.49. The highest BCUT2D eigenvalue weighted by atomic mass is 19.1. The van der Waals surface area contributed by atoms with Crippen LogP contribution in [0, 0.1) is 17.0 Å². The molecule has 4 nitrogen and oxygen atoms in total. The van der Waals surface area contributed by atoms with Crippen LogP contribution in [0.15, 0.2) is 48.5 Å². The van der Waals surface area contributed by atoms with Gasteiger partial charge in [0.2, 0.25) is 11.8 Å². The van der Waals surface area contributed by atoms with Crippen LogP contribution in [0.25, 0.3) is 0 Å². The Kier molecular flexibility index (Phi) is 5.71. The Labute approximate surface area is 193 Å². The molecule has 174 valence electrons. The molecule has 0 aromatic heterocycles. The molecular formula is C27H30F2N2O2. The van der Waals surface area contributed by atoms with Crippen molar-refractivity contribution in [2.75, 3.05) is 19.6 Å². The lowest BCUT2D eigenvalue weighted by Gasteiger charge is -2.50. The maximum absolute atomic E-state index is 14.0. The number of benzene rings is 2. The van der Waals surface area contributed by atoms with Crippen LogP contribution in [0.5, 0.6) is 0 Å². The third-order valence-corrected chi connectivity index (χ3v) is 8.28. The standard InChI is InChI=1S/C27H30F2N2O2/c28-21-14-19(15-22(29)16-21)23-18-30-24(32)17-26(23)10-12-31(13-11-26)25(33)27(8-4-5-9-27)20-6-2-1-3-7-20/h1-3,6-7,14-16,23H,4-5,8-13,17-18H2,(H,30,32). The van der Waals surface area contributed by atoms with E-state index in [1.54, 1.807) is 0 Å².